The Labute approximate surface area is 116 Å². The van der Waals surface area contributed by atoms with Gasteiger partial charge in [0.05, 0.1) is 19.3 Å². The Morgan fingerprint density at radius 1 is 1.56 bits per heavy atom. The van der Waals surface area contributed by atoms with E-state index >= 15 is 0 Å². The van der Waals surface area contributed by atoms with Crippen molar-refractivity contribution in [1.29, 1.82) is 0 Å². The summed E-state index contributed by atoms with van der Waals surface area (Å²) in [5, 5.41) is 9.17. The lowest BCUT2D eigenvalue weighted by molar-refractivity contribution is -0.0806. The highest BCUT2D eigenvalue weighted by Gasteiger charge is 2.25. The van der Waals surface area contributed by atoms with Crippen molar-refractivity contribution in [1.82, 2.24) is 4.90 Å². The Balaban J connectivity index is 2.07. The van der Waals surface area contributed by atoms with Crippen molar-refractivity contribution < 1.29 is 9.84 Å². The van der Waals surface area contributed by atoms with E-state index in [1.54, 1.807) is 0 Å². The summed E-state index contributed by atoms with van der Waals surface area (Å²) < 4.78 is 6.56. The summed E-state index contributed by atoms with van der Waals surface area (Å²) in [5.74, 6) is 0. The van der Waals surface area contributed by atoms with Gasteiger partial charge in [-0.2, -0.15) is 0 Å². The molecule has 0 radical (unpaired) electrons. The van der Waals surface area contributed by atoms with Crippen molar-refractivity contribution in [3.63, 3.8) is 0 Å². The van der Waals surface area contributed by atoms with E-state index in [1.165, 1.54) is 5.56 Å². The lowest BCUT2D eigenvalue weighted by atomic mass is 10.1. The monoisotopic (exact) mass is 314 g/mol. The largest absolute Gasteiger partial charge is 0.399 e. The van der Waals surface area contributed by atoms with Crippen LogP contribution in [0, 0.1) is 0 Å². The second-order valence-electron chi connectivity index (χ2n) is 4.77. The van der Waals surface area contributed by atoms with Crippen molar-refractivity contribution in [2.75, 3.05) is 25.5 Å². The Morgan fingerprint density at radius 3 is 3.00 bits per heavy atom. The molecule has 1 aliphatic heterocycles. The number of nitrogens with zero attached hydrogens (tertiary/aromatic N) is 1. The zero-order valence-electron chi connectivity index (χ0n) is 10.5. The summed E-state index contributed by atoms with van der Waals surface area (Å²) in [5.41, 5.74) is 7.70. The third kappa shape index (κ3) is 3.23. The van der Waals surface area contributed by atoms with Gasteiger partial charge in [0.15, 0.2) is 0 Å². The smallest absolute Gasteiger partial charge is 0.0933 e. The van der Waals surface area contributed by atoms with E-state index in [4.69, 9.17) is 10.5 Å². The van der Waals surface area contributed by atoms with Gasteiger partial charge in [-0.1, -0.05) is 22.0 Å². The number of anilines is 1. The Hall–Kier alpha value is -0.620. The summed E-state index contributed by atoms with van der Waals surface area (Å²) >= 11 is 3.54. The first-order valence-corrected chi connectivity index (χ1v) is 6.90. The van der Waals surface area contributed by atoms with Gasteiger partial charge < -0.3 is 15.6 Å². The average molecular weight is 315 g/mol. The number of ether oxygens (including phenoxy) is 1. The van der Waals surface area contributed by atoms with Crippen LogP contribution in [-0.2, 0) is 11.3 Å². The first-order valence-electron chi connectivity index (χ1n) is 6.10. The molecular formula is C13H19BrN2O2. The molecule has 1 heterocycles. The minimum absolute atomic E-state index is 0.0752. The van der Waals surface area contributed by atoms with Gasteiger partial charge in [-0.3, -0.25) is 4.90 Å². The molecule has 0 bridgehead atoms. The Bertz CT molecular complexity index is 414. The van der Waals surface area contributed by atoms with Crippen LogP contribution in [0.25, 0.3) is 0 Å². The maximum atomic E-state index is 9.17. The second-order valence-corrected chi connectivity index (χ2v) is 5.62. The molecule has 1 fully saturated rings. The van der Waals surface area contributed by atoms with Gasteiger partial charge >= 0.3 is 0 Å². The van der Waals surface area contributed by atoms with Gasteiger partial charge in [0.1, 0.15) is 0 Å². The zero-order valence-corrected chi connectivity index (χ0v) is 12.1. The number of benzene rings is 1. The summed E-state index contributed by atoms with van der Waals surface area (Å²) in [6.45, 7) is 4.47. The van der Waals surface area contributed by atoms with E-state index in [-0.39, 0.29) is 12.7 Å². The first kappa shape index (κ1) is 13.8. The fourth-order valence-electron chi connectivity index (χ4n) is 2.12. The fraction of sp³-hybridized carbons (Fsp3) is 0.538. The molecule has 1 saturated heterocycles. The maximum Gasteiger partial charge on any atom is 0.0933 e. The number of hydrogen-bond acceptors (Lipinski definition) is 4. The van der Waals surface area contributed by atoms with Crippen LogP contribution < -0.4 is 5.73 Å². The average Bonchev–Trinajstić information content (AvgIpc) is 2.35. The van der Waals surface area contributed by atoms with Crippen LogP contribution in [0.15, 0.2) is 22.7 Å². The van der Waals surface area contributed by atoms with Gasteiger partial charge in [0, 0.05) is 29.3 Å². The molecule has 0 aliphatic carbocycles. The predicted octanol–water partition coefficient (Wildman–Crippen LogP) is 1.61. The quantitative estimate of drug-likeness (QED) is 0.832. The van der Waals surface area contributed by atoms with Crippen LogP contribution in [0.1, 0.15) is 12.5 Å². The summed E-state index contributed by atoms with van der Waals surface area (Å²) in [6.07, 6.45) is -0.0752. The minimum Gasteiger partial charge on any atom is -0.399 e. The van der Waals surface area contributed by atoms with Crippen molar-refractivity contribution in [2.24, 2.45) is 0 Å². The van der Waals surface area contributed by atoms with Gasteiger partial charge in [0.25, 0.3) is 0 Å². The zero-order chi connectivity index (χ0) is 13.1. The summed E-state index contributed by atoms with van der Waals surface area (Å²) in [7, 11) is 0. The van der Waals surface area contributed by atoms with E-state index < -0.39 is 0 Å². The lowest BCUT2D eigenvalue weighted by Crippen LogP contribution is -2.48. The number of halogens is 1. The molecular weight excluding hydrogens is 296 g/mol. The van der Waals surface area contributed by atoms with Crippen molar-refractivity contribution in [2.45, 2.75) is 25.6 Å². The molecule has 2 atom stereocenters. The standard InChI is InChI=1S/C13H19BrN2O2/c1-9-8-18-12(7-17)6-16(9)5-10-2-3-11(15)4-13(10)14/h2-4,9,12,17H,5-8,15H2,1H3. The highest BCUT2D eigenvalue weighted by molar-refractivity contribution is 9.10. The SMILES string of the molecule is CC1COC(CO)CN1Cc1ccc(N)cc1Br. The van der Waals surface area contributed by atoms with Gasteiger partial charge in [-0.25, -0.2) is 0 Å². The molecule has 18 heavy (non-hydrogen) atoms. The number of morpholine rings is 1. The third-order valence-corrected chi connectivity index (χ3v) is 4.03. The van der Waals surface area contributed by atoms with Gasteiger partial charge in [-0.05, 0) is 24.6 Å². The van der Waals surface area contributed by atoms with Crippen LogP contribution in [0.3, 0.4) is 0 Å². The molecule has 0 aromatic heterocycles. The Kier molecular flexibility index (Phi) is 4.61. The molecule has 4 nitrogen and oxygen atoms in total. The molecule has 100 valence electrons. The fourth-order valence-corrected chi connectivity index (χ4v) is 2.64. The van der Waals surface area contributed by atoms with Crippen LogP contribution >= 0.6 is 15.9 Å². The topological polar surface area (TPSA) is 58.7 Å². The molecule has 2 rings (SSSR count). The van der Waals surface area contributed by atoms with Crippen LogP contribution in [0.4, 0.5) is 5.69 Å². The minimum atomic E-state index is -0.0752. The molecule has 0 spiro atoms. The lowest BCUT2D eigenvalue weighted by Gasteiger charge is -2.37. The van der Waals surface area contributed by atoms with E-state index in [0.717, 1.165) is 23.2 Å². The van der Waals surface area contributed by atoms with Gasteiger partial charge in [-0.15, -0.1) is 0 Å². The molecule has 0 amide bonds. The predicted molar refractivity (Wildman–Crippen MR) is 75.3 cm³/mol. The number of hydrogen-bond donors (Lipinski definition) is 2. The summed E-state index contributed by atoms with van der Waals surface area (Å²) in [4.78, 5) is 2.32. The van der Waals surface area contributed by atoms with Crippen LogP contribution in [0.2, 0.25) is 0 Å². The van der Waals surface area contributed by atoms with E-state index in [2.05, 4.69) is 27.8 Å². The van der Waals surface area contributed by atoms with Crippen molar-refractivity contribution >= 4 is 21.6 Å². The second kappa shape index (κ2) is 6.02. The first-order chi connectivity index (χ1) is 8.60. The summed E-state index contributed by atoms with van der Waals surface area (Å²) in [6, 6.07) is 6.23. The molecule has 3 N–H and O–H groups in total. The maximum absolute atomic E-state index is 9.17. The number of nitrogen functional groups attached to an aromatic ring is 1. The van der Waals surface area contributed by atoms with Crippen molar-refractivity contribution in [3.05, 3.63) is 28.2 Å². The third-order valence-electron chi connectivity index (χ3n) is 3.29. The van der Waals surface area contributed by atoms with Gasteiger partial charge in [0.2, 0.25) is 0 Å². The molecule has 0 saturated carbocycles. The number of aliphatic hydroxyl groups is 1. The molecule has 1 aromatic rings. The number of aliphatic hydroxyl groups excluding tert-OH is 1. The van der Waals surface area contributed by atoms with E-state index in [9.17, 15) is 5.11 Å². The highest BCUT2D eigenvalue weighted by Crippen LogP contribution is 2.23. The highest BCUT2D eigenvalue weighted by atomic mass is 79.9. The van der Waals surface area contributed by atoms with Crippen molar-refractivity contribution in [3.8, 4) is 0 Å². The van der Waals surface area contributed by atoms with Crippen LogP contribution in [0.5, 0.6) is 0 Å². The van der Waals surface area contributed by atoms with E-state index in [0.29, 0.717) is 12.6 Å². The van der Waals surface area contributed by atoms with Crippen LogP contribution in [-0.4, -0.2) is 41.9 Å². The molecule has 1 aliphatic rings. The normalized spacial score (nSPS) is 25.3. The number of nitrogens with two attached hydrogens (primary N) is 1. The Morgan fingerprint density at radius 2 is 2.33 bits per heavy atom. The molecule has 5 heteroatoms. The van der Waals surface area contributed by atoms with E-state index in [1.807, 2.05) is 18.2 Å². The molecule has 1 aromatic carbocycles. The number of rotatable bonds is 3. The molecule has 2 unspecified atom stereocenters.